The molecule has 58 valence electrons. The lowest BCUT2D eigenvalue weighted by Gasteiger charge is -2.10. The molecule has 0 aliphatic heterocycles. The molecule has 0 aromatic heterocycles. The first-order valence-corrected chi connectivity index (χ1v) is 4.04. The van der Waals surface area contributed by atoms with Crippen molar-refractivity contribution in [3.8, 4) is 0 Å². The van der Waals surface area contributed by atoms with Crippen LogP contribution in [0.3, 0.4) is 0 Å². The maximum absolute atomic E-state index is 13.4. The summed E-state index contributed by atoms with van der Waals surface area (Å²) in [6.45, 7) is 0. The average Bonchev–Trinajstić information content (AvgIpc) is 2.29. The second kappa shape index (κ2) is 2.21. The van der Waals surface area contributed by atoms with Crippen LogP contribution < -0.4 is 0 Å². The minimum absolute atomic E-state index is 0.411. The standard InChI is InChI=1S/C9H8ClF/c10-9(11)6-5-7-3-1-2-4-8(7)9/h1-4H,5-6H2. The molecule has 1 aliphatic carbocycles. The molecule has 0 amide bonds. The molecule has 0 spiro atoms. The van der Waals surface area contributed by atoms with Crippen LogP contribution in [0.25, 0.3) is 0 Å². The fraction of sp³-hybridized carbons (Fsp3) is 0.333. The van der Waals surface area contributed by atoms with Crippen molar-refractivity contribution in [1.29, 1.82) is 0 Å². The number of hydrogen-bond donors (Lipinski definition) is 0. The first-order valence-electron chi connectivity index (χ1n) is 3.66. The summed E-state index contributed by atoms with van der Waals surface area (Å²) in [5, 5.41) is -1.60. The van der Waals surface area contributed by atoms with Gasteiger partial charge in [0, 0.05) is 12.0 Å². The Balaban J connectivity index is 2.56. The van der Waals surface area contributed by atoms with Crippen molar-refractivity contribution in [3.05, 3.63) is 35.4 Å². The van der Waals surface area contributed by atoms with Crippen LogP contribution in [0.1, 0.15) is 17.5 Å². The van der Waals surface area contributed by atoms with Gasteiger partial charge in [-0.3, -0.25) is 0 Å². The van der Waals surface area contributed by atoms with Gasteiger partial charge in [-0.25, -0.2) is 4.39 Å². The monoisotopic (exact) mass is 170 g/mol. The summed E-state index contributed by atoms with van der Waals surface area (Å²) in [6, 6.07) is 7.42. The number of hydrogen-bond acceptors (Lipinski definition) is 0. The van der Waals surface area contributed by atoms with Crippen LogP contribution in [0.2, 0.25) is 0 Å². The number of benzene rings is 1. The van der Waals surface area contributed by atoms with Crippen molar-refractivity contribution in [2.75, 3.05) is 0 Å². The molecular formula is C9H8ClF. The zero-order chi connectivity index (χ0) is 7.90. The highest BCUT2D eigenvalue weighted by Gasteiger charge is 2.36. The maximum Gasteiger partial charge on any atom is 0.209 e. The molecule has 2 heteroatoms. The number of fused-ring (bicyclic) bond motifs is 1. The first kappa shape index (κ1) is 7.11. The third-order valence-corrected chi connectivity index (χ3v) is 2.51. The number of rotatable bonds is 0. The van der Waals surface area contributed by atoms with Gasteiger partial charge in [0.15, 0.2) is 0 Å². The van der Waals surface area contributed by atoms with Gasteiger partial charge in [0.05, 0.1) is 0 Å². The van der Waals surface area contributed by atoms with E-state index in [1.165, 1.54) is 0 Å². The number of aryl methyl sites for hydroxylation is 1. The molecule has 0 saturated heterocycles. The second-order valence-electron chi connectivity index (χ2n) is 2.86. The zero-order valence-electron chi connectivity index (χ0n) is 5.98. The molecule has 1 aromatic carbocycles. The minimum atomic E-state index is -1.60. The van der Waals surface area contributed by atoms with Gasteiger partial charge in [-0.15, -0.1) is 0 Å². The van der Waals surface area contributed by atoms with Gasteiger partial charge in [0.1, 0.15) is 0 Å². The molecule has 0 nitrogen and oxygen atoms in total. The zero-order valence-corrected chi connectivity index (χ0v) is 6.74. The SMILES string of the molecule is FC1(Cl)CCc2ccccc21. The van der Waals surface area contributed by atoms with Crippen LogP contribution in [0.4, 0.5) is 4.39 Å². The molecule has 1 atom stereocenters. The summed E-state index contributed by atoms with van der Waals surface area (Å²) < 4.78 is 13.4. The van der Waals surface area contributed by atoms with Gasteiger partial charge >= 0.3 is 0 Å². The largest absolute Gasteiger partial charge is 0.221 e. The van der Waals surface area contributed by atoms with Crippen molar-refractivity contribution >= 4 is 11.6 Å². The van der Waals surface area contributed by atoms with E-state index in [-0.39, 0.29) is 0 Å². The molecular weight excluding hydrogens is 163 g/mol. The second-order valence-corrected chi connectivity index (χ2v) is 3.46. The average molecular weight is 171 g/mol. The van der Waals surface area contributed by atoms with Crippen LogP contribution in [0, 0.1) is 0 Å². The van der Waals surface area contributed by atoms with Crippen molar-refractivity contribution in [1.82, 2.24) is 0 Å². The molecule has 0 radical (unpaired) electrons. The van der Waals surface area contributed by atoms with E-state index in [0.29, 0.717) is 12.0 Å². The molecule has 11 heavy (non-hydrogen) atoms. The molecule has 1 unspecified atom stereocenters. The van der Waals surface area contributed by atoms with E-state index in [2.05, 4.69) is 0 Å². The predicted molar refractivity (Wildman–Crippen MR) is 43.4 cm³/mol. The Morgan fingerprint density at radius 3 is 2.82 bits per heavy atom. The van der Waals surface area contributed by atoms with Crippen molar-refractivity contribution in [2.24, 2.45) is 0 Å². The third kappa shape index (κ3) is 1.04. The normalized spacial score (nSPS) is 28.5. The lowest BCUT2D eigenvalue weighted by Crippen LogP contribution is -2.04. The highest BCUT2D eigenvalue weighted by atomic mass is 35.5. The van der Waals surface area contributed by atoms with Crippen LogP contribution >= 0.6 is 11.6 Å². The topological polar surface area (TPSA) is 0 Å². The van der Waals surface area contributed by atoms with Crippen LogP contribution in [0.15, 0.2) is 24.3 Å². The Morgan fingerprint density at radius 2 is 2.09 bits per heavy atom. The van der Waals surface area contributed by atoms with Crippen molar-refractivity contribution in [2.45, 2.75) is 18.0 Å². The minimum Gasteiger partial charge on any atom is -0.221 e. The van der Waals surface area contributed by atoms with Crippen LogP contribution in [-0.2, 0) is 11.5 Å². The molecule has 1 aliphatic rings. The van der Waals surface area contributed by atoms with Crippen LogP contribution in [0.5, 0.6) is 0 Å². The Kier molecular flexibility index (Phi) is 1.43. The number of halogens is 2. The summed E-state index contributed by atoms with van der Waals surface area (Å²) in [4.78, 5) is 0. The highest BCUT2D eigenvalue weighted by Crippen LogP contribution is 2.43. The van der Waals surface area contributed by atoms with E-state index in [9.17, 15) is 4.39 Å². The Bertz CT molecular complexity index is 281. The quantitative estimate of drug-likeness (QED) is 0.525. The Morgan fingerprint density at radius 1 is 1.36 bits per heavy atom. The summed E-state index contributed by atoms with van der Waals surface area (Å²) >= 11 is 5.63. The van der Waals surface area contributed by atoms with Gasteiger partial charge in [-0.2, -0.15) is 0 Å². The van der Waals surface area contributed by atoms with Crippen molar-refractivity contribution < 1.29 is 4.39 Å². The predicted octanol–water partition coefficient (Wildman–Crippen LogP) is 2.99. The van der Waals surface area contributed by atoms with E-state index in [1.807, 2.05) is 18.2 Å². The van der Waals surface area contributed by atoms with Gasteiger partial charge in [0.2, 0.25) is 5.13 Å². The summed E-state index contributed by atoms with van der Waals surface area (Å²) in [5.74, 6) is 0. The van der Waals surface area contributed by atoms with E-state index in [0.717, 1.165) is 12.0 Å². The van der Waals surface area contributed by atoms with E-state index < -0.39 is 5.13 Å². The highest BCUT2D eigenvalue weighted by molar-refractivity contribution is 6.23. The van der Waals surface area contributed by atoms with E-state index >= 15 is 0 Å². The summed E-state index contributed by atoms with van der Waals surface area (Å²) in [6.07, 6.45) is 1.17. The van der Waals surface area contributed by atoms with Gasteiger partial charge in [-0.05, 0) is 12.0 Å². The first-order chi connectivity index (χ1) is 5.20. The molecule has 2 rings (SSSR count). The molecule has 0 N–H and O–H groups in total. The Hall–Kier alpha value is -0.560. The molecule has 0 bridgehead atoms. The van der Waals surface area contributed by atoms with Gasteiger partial charge in [-0.1, -0.05) is 35.9 Å². The third-order valence-electron chi connectivity index (χ3n) is 2.12. The molecule has 0 fully saturated rings. The van der Waals surface area contributed by atoms with E-state index in [1.54, 1.807) is 6.07 Å². The molecule has 0 heterocycles. The van der Waals surface area contributed by atoms with E-state index in [4.69, 9.17) is 11.6 Å². The van der Waals surface area contributed by atoms with Gasteiger partial charge in [0.25, 0.3) is 0 Å². The smallest absolute Gasteiger partial charge is 0.209 e. The maximum atomic E-state index is 13.4. The number of alkyl halides is 2. The fourth-order valence-electron chi connectivity index (χ4n) is 1.52. The molecule has 1 aromatic rings. The van der Waals surface area contributed by atoms with Crippen LogP contribution in [-0.4, -0.2) is 0 Å². The Labute approximate surface area is 70.0 Å². The van der Waals surface area contributed by atoms with Gasteiger partial charge < -0.3 is 0 Å². The summed E-state index contributed by atoms with van der Waals surface area (Å²) in [7, 11) is 0. The fourth-order valence-corrected chi connectivity index (χ4v) is 1.80. The summed E-state index contributed by atoms with van der Waals surface area (Å²) in [5.41, 5.74) is 1.70. The lowest BCUT2D eigenvalue weighted by molar-refractivity contribution is 0.284. The van der Waals surface area contributed by atoms with Crippen molar-refractivity contribution in [3.63, 3.8) is 0 Å². The molecule has 0 saturated carbocycles. The lowest BCUT2D eigenvalue weighted by atomic mass is 10.1.